The first-order valence-corrected chi connectivity index (χ1v) is 11.4. The van der Waals surface area contributed by atoms with E-state index in [9.17, 15) is 9.59 Å². The number of nitrogens with one attached hydrogen (secondary N) is 1. The van der Waals surface area contributed by atoms with Gasteiger partial charge in [-0.2, -0.15) is 0 Å². The molecule has 0 saturated carbocycles. The first-order valence-electron chi connectivity index (χ1n) is 10.4. The van der Waals surface area contributed by atoms with E-state index >= 15 is 0 Å². The minimum Gasteiger partial charge on any atom is -0.462 e. The van der Waals surface area contributed by atoms with Gasteiger partial charge in [-0.15, -0.1) is 0 Å². The number of anilines is 1. The molecule has 0 unspecified atom stereocenters. The Kier molecular flexibility index (Phi) is 13.6. The van der Waals surface area contributed by atoms with E-state index in [1.54, 1.807) is 31.2 Å². The first kappa shape index (κ1) is 23.5. The number of thioether (sulfide) groups is 1. The number of carbonyl (C=O) groups excluding carboxylic acids is 2. The highest BCUT2D eigenvalue weighted by atomic mass is 32.2. The van der Waals surface area contributed by atoms with Crippen molar-refractivity contribution in [1.29, 1.82) is 0 Å². The molecular weight excluding hydrogens is 358 g/mol. The van der Waals surface area contributed by atoms with E-state index in [1.807, 2.05) is 0 Å². The molecule has 152 valence electrons. The van der Waals surface area contributed by atoms with E-state index in [1.165, 1.54) is 69.5 Å². The monoisotopic (exact) mass is 393 g/mol. The van der Waals surface area contributed by atoms with E-state index < -0.39 is 0 Å². The maximum atomic E-state index is 12.0. The van der Waals surface area contributed by atoms with Gasteiger partial charge in [0, 0.05) is 11.4 Å². The highest BCUT2D eigenvalue weighted by Crippen LogP contribution is 2.16. The second kappa shape index (κ2) is 15.6. The molecule has 0 radical (unpaired) electrons. The molecule has 0 aliphatic carbocycles. The molecule has 0 saturated heterocycles. The van der Waals surface area contributed by atoms with E-state index in [4.69, 9.17) is 4.74 Å². The lowest BCUT2D eigenvalue weighted by Crippen LogP contribution is -2.07. The van der Waals surface area contributed by atoms with Crippen molar-refractivity contribution in [3.63, 3.8) is 0 Å². The van der Waals surface area contributed by atoms with Crippen molar-refractivity contribution in [3.8, 4) is 0 Å². The highest BCUT2D eigenvalue weighted by molar-refractivity contribution is 8.13. The van der Waals surface area contributed by atoms with Crippen LogP contribution in [0.2, 0.25) is 0 Å². The first-order chi connectivity index (χ1) is 13.2. The number of carbonyl (C=O) groups is 2. The minimum atomic E-state index is -0.342. The molecule has 0 heterocycles. The van der Waals surface area contributed by atoms with Crippen molar-refractivity contribution in [2.75, 3.05) is 17.7 Å². The Morgan fingerprint density at radius 3 is 1.96 bits per heavy atom. The average molecular weight is 394 g/mol. The van der Waals surface area contributed by atoms with Crippen molar-refractivity contribution in [2.45, 2.75) is 78.1 Å². The number of amides is 1. The quantitative estimate of drug-likeness (QED) is 0.272. The van der Waals surface area contributed by atoms with Crippen LogP contribution in [-0.4, -0.2) is 23.6 Å². The van der Waals surface area contributed by atoms with Crippen LogP contribution in [0.5, 0.6) is 0 Å². The van der Waals surface area contributed by atoms with E-state index in [0.717, 1.165) is 12.2 Å². The van der Waals surface area contributed by atoms with Crippen molar-refractivity contribution in [3.05, 3.63) is 29.8 Å². The zero-order valence-corrected chi connectivity index (χ0v) is 17.7. The Morgan fingerprint density at radius 1 is 0.852 bits per heavy atom. The molecule has 0 atom stereocenters. The Hall–Kier alpha value is -1.49. The molecule has 0 bridgehead atoms. The number of hydrogen-bond donors (Lipinski definition) is 1. The molecule has 1 aromatic rings. The highest BCUT2D eigenvalue weighted by Gasteiger charge is 2.07. The molecule has 27 heavy (non-hydrogen) atoms. The molecule has 1 rings (SSSR count). The molecule has 5 heteroatoms. The van der Waals surface area contributed by atoms with Crippen molar-refractivity contribution < 1.29 is 14.3 Å². The summed E-state index contributed by atoms with van der Waals surface area (Å²) in [6, 6.07) is 6.79. The van der Waals surface area contributed by atoms with Crippen LogP contribution in [0.25, 0.3) is 0 Å². The number of ether oxygens (including phenoxy) is 1. The lowest BCUT2D eigenvalue weighted by molar-refractivity contribution is 0.0526. The third-order valence-corrected chi connectivity index (χ3v) is 5.23. The van der Waals surface area contributed by atoms with Gasteiger partial charge in [0.25, 0.3) is 5.24 Å². The summed E-state index contributed by atoms with van der Waals surface area (Å²) in [6.07, 6.45) is 13.0. The van der Waals surface area contributed by atoms with Crippen molar-refractivity contribution in [1.82, 2.24) is 0 Å². The predicted molar refractivity (Wildman–Crippen MR) is 116 cm³/mol. The summed E-state index contributed by atoms with van der Waals surface area (Å²) in [4.78, 5) is 23.5. The largest absolute Gasteiger partial charge is 0.462 e. The van der Waals surface area contributed by atoms with Gasteiger partial charge in [0.2, 0.25) is 0 Å². The number of hydrogen-bond acceptors (Lipinski definition) is 4. The summed E-state index contributed by atoms with van der Waals surface area (Å²) in [5, 5.41) is 2.80. The van der Waals surface area contributed by atoms with Crippen LogP contribution in [-0.2, 0) is 4.74 Å². The summed E-state index contributed by atoms with van der Waals surface area (Å²) < 4.78 is 4.94. The number of rotatable bonds is 14. The standard InChI is InChI=1S/C22H35NO3S/c1-3-5-6-7-8-9-10-11-12-13-18-27-22(25)23-20-16-14-19(15-17-20)21(24)26-4-2/h14-17H,3-13,18H2,1-2H3,(H,23,25). The van der Waals surface area contributed by atoms with Gasteiger partial charge in [-0.3, -0.25) is 4.79 Å². The molecule has 1 N–H and O–H groups in total. The van der Waals surface area contributed by atoms with Crippen LogP contribution >= 0.6 is 11.8 Å². The normalized spacial score (nSPS) is 10.6. The lowest BCUT2D eigenvalue weighted by atomic mass is 10.1. The van der Waals surface area contributed by atoms with E-state index in [-0.39, 0.29) is 11.2 Å². The third-order valence-electron chi connectivity index (χ3n) is 4.37. The van der Waals surface area contributed by atoms with Crippen molar-refractivity contribution >= 4 is 28.7 Å². The molecule has 1 amide bonds. The smallest absolute Gasteiger partial charge is 0.338 e. The summed E-state index contributed by atoms with van der Waals surface area (Å²) in [5.41, 5.74) is 1.19. The van der Waals surface area contributed by atoms with E-state index in [0.29, 0.717) is 17.9 Å². The van der Waals surface area contributed by atoms with Gasteiger partial charge >= 0.3 is 5.97 Å². The zero-order valence-electron chi connectivity index (χ0n) is 16.9. The van der Waals surface area contributed by atoms with Gasteiger partial charge in [-0.25, -0.2) is 4.79 Å². The molecule has 4 nitrogen and oxygen atoms in total. The van der Waals surface area contributed by atoms with Gasteiger partial charge in [-0.05, 0) is 37.6 Å². The van der Waals surface area contributed by atoms with Crippen LogP contribution in [0.4, 0.5) is 10.5 Å². The summed E-state index contributed by atoms with van der Waals surface area (Å²) in [6.45, 7) is 4.38. The molecule has 0 aliphatic heterocycles. The van der Waals surface area contributed by atoms with Gasteiger partial charge in [0.15, 0.2) is 0 Å². The van der Waals surface area contributed by atoms with Gasteiger partial charge in [0.05, 0.1) is 12.2 Å². The van der Waals surface area contributed by atoms with E-state index in [2.05, 4.69) is 12.2 Å². The molecule has 0 spiro atoms. The fourth-order valence-electron chi connectivity index (χ4n) is 2.81. The second-order valence-corrected chi connectivity index (χ2v) is 7.81. The van der Waals surface area contributed by atoms with Crippen molar-refractivity contribution in [2.24, 2.45) is 0 Å². The Balaban J connectivity index is 2.05. The van der Waals surface area contributed by atoms with Crippen LogP contribution in [0.3, 0.4) is 0 Å². The number of benzene rings is 1. The lowest BCUT2D eigenvalue weighted by Gasteiger charge is -2.06. The molecule has 1 aromatic carbocycles. The Labute approximate surface area is 168 Å². The maximum Gasteiger partial charge on any atom is 0.338 e. The predicted octanol–water partition coefficient (Wildman–Crippen LogP) is 7.05. The van der Waals surface area contributed by atoms with Gasteiger partial charge in [0.1, 0.15) is 0 Å². The van der Waals surface area contributed by atoms with Crippen LogP contribution in [0, 0.1) is 0 Å². The fraction of sp³-hybridized carbons (Fsp3) is 0.636. The maximum absolute atomic E-state index is 12.0. The summed E-state index contributed by atoms with van der Waals surface area (Å²) in [5.74, 6) is 0.509. The Morgan fingerprint density at radius 2 is 1.41 bits per heavy atom. The third kappa shape index (κ3) is 11.8. The van der Waals surface area contributed by atoms with Crippen LogP contribution in [0.15, 0.2) is 24.3 Å². The summed E-state index contributed by atoms with van der Waals surface area (Å²) >= 11 is 1.33. The van der Waals surface area contributed by atoms with Crippen LogP contribution < -0.4 is 5.32 Å². The molecule has 0 aromatic heterocycles. The van der Waals surface area contributed by atoms with Gasteiger partial charge in [-0.1, -0.05) is 76.5 Å². The SMILES string of the molecule is CCCCCCCCCCCCSC(=O)Nc1ccc(C(=O)OCC)cc1. The molecule has 0 fully saturated rings. The number of esters is 1. The minimum absolute atomic E-state index is 0.0465. The molecular formula is C22H35NO3S. The topological polar surface area (TPSA) is 55.4 Å². The number of unbranched alkanes of at least 4 members (excludes halogenated alkanes) is 9. The zero-order chi connectivity index (χ0) is 19.7. The second-order valence-electron chi connectivity index (χ2n) is 6.74. The summed E-state index contributed by atoms with van der Waals surface area (Å²) in [7, 11) is 0. The van der Waals surface area contributed by atoms with Crippen LogP contribution in [0.1, 0.15) is 88.4 Å². The fourth-order valence-corrected chi connectivity index (χ4v) is 3.54. The average Bonchev–Trinajstić information content (AvgIpc) is 2.67. The molecule has 0 aliphatic rings. The van der Waals surface area contributed by atoms with Gasteiger partial charge < -0.3 is 10.1 Å². The Bertz CT molecular complexity index is 531.